The minimum atomic E-state index is -0.0977. The minimum Gasteiger partial charge on any atom is -0.492 e. The summed E-state index contributed by atoms with van der Waals surface area (Å²) in [5, 5.41) is 0.959. The van der Waals surface area contributed by atoms with Crippen molar-refractivity contribution in [1.29, 1.82) is 0 Å². The van der Waals surface area contributed by atoms with E-state index in [-0.39, 0.29) is 5.56 Å². The van der Waals surface area contributed by atoms with E-state index in [1.807, 2.05) is 38.1 Å². The molecule has 4 heteroatoms. The minimum absolute atomic E-state index is 0.0977. The quantitative estimate of drug-likeness (QED) is 0.617. The number of aromatic nitrogens is 1. The number of fused-ring (bicyclic) bond motifs is 1. The summed E-state index contributed by atoms with van der Waals surface area (Å²) >= 11 is 0. The number of ether oxygens (including phenoxy) is 1. The van der Waals surface area contributed by atoms with Gasteiger partial charge < -0.3 is 14.6 Å². The lowest BCUT2D eigenvalue weighted by Gasteiger charge is -2.29. The summed E-state index contributed by atoms with van der Waals surface area (Å²) in [7, 11) is 2.16. The number of H-pyrrole nitrogens is 1. The maximum atomic E-state index is 13.0. The van der Waals surface area contributed by atoms with E-state index in [1.54, 1.807) is 0 Å². The first kappa shape index (κ1) is 22.1. The zero-order valence-electron chi connectivity index (χ0n) is 18.9. The number of benzene rings is 2. The number of pyridine rings is 1. The van der Waals surface area contributed by atoms with Crippen molar-refractivity contribution in [3.05, 3.63) is 63.9 Å². The number of nitrogens with zero attached hydrogens (tertiary/aromatic N) is 1. The van der Waals surface area contributed by atoms with Gasteiger partial charge in [-0.2, -0.15) is 0 Å². The number of aromatic amines is 1. The van der Waals surface area contributed by atoms with Gasteiger partial charge in [0, 0.05) is 17.8 Å². The maximum absolute atomic E-state index is 13.0. The molecular formula is C26H34N2O2. The zero-order valence-corrected chi connectivity index (χ0v) is 18.9. The van der Waals surface area contributed by atoms with Gasteiger partial charge in [-0.25, -0.2) is 0 Å². The molecule has 0 saturated carbocycles. The lowest BCUT2D eigenvalue weighted by atomic mass is 9.98. The van der Waals surface area contributed by atoms with Crippen LogP contribution in [0.5, 0.6) is 5.75 Å². The van der Waals surface area contributed by atoms with Crippen molar-refractivity contribution in [3.63, 3.8) is 0 Å². The molecule has 0 spiro atoms. The molecule has 1 N–H and O–H groups in total. The lowest BCUT2D eigenvalue weighted by molar-refractivity contribution is 0.151. The second-order valence-corrected chi connectivity index (χ2v) is 8.16. The average Bonchev–Trinajstić information content (AvgIpc) is 2.72. The molecule has 1 fully saturated rings. The second kappa shape index (κ2) is 9.94. The molecule has 4 rings (SSSR count). The van der Waals surface area contributed by atoms with Gasteiger partial charge >= 0.3 is 0 Å². The molecule has 0 aliphatic carbocycles. The first-order valence-electron chi connectivity index (χ1n) is 11.1. The molecular weight excluding hydrogens is 372 g/mol. The van der Waals surface area contributed by atoms with Crippen LogP contribution >= 0.6 is 0 Å². The van der Waals surface area contributed by atoms with Gasteiger partial charge in [-0.3, -0.25) is 4.79 Å². The Bertz CT molecular complexity index is 1030. The van der Waals surface area contributed by atoms with Crippen molar-refractivity contribution < 1.29 is 4.74 Å². The predicted molar refractivity (Wildman–Crippen MR) is 127 cm³/mol. The van der Waals surface area contributed by atoms with Crippen LogP contribution < -0.4 is 10.3 Å². The van der Waals surface area contributed by atoms with Gasteiger partial charge in [0.25, 0.3) is 5.56 Å². The smallest absolute Gasteiger partial charge is 0.260 e. The summed E-state index contributed by atoms with van der Waals surface area (Å²) < 4.78 is 6.41. The number of para-hydroxylation sites is 1. The van der Waals surface area contributed by atoms with Gasteiger partial charge in [0.1, 0.15) is 5.75 Å². The number of aryl methyl sites for hydroxylation is 2. The first-order valence-corrected chi connectivity index (χ1v) is 11.1. The molecule has 2 heterocycles. The first-order chi connectivity index (χ1) is 14.5. The van der Waals surface area contributed by atoms with Crippen LogP contribution in [0, 0.1) is 19.8 Å². The molecule has 160 valence electrons. The highest BCUT2D eigenvalue weighted by Crippen LogP contribution is 2.34. The Kier molecular flexibility index (Phi) is 7.33. The van der Waals surface area contributed by atoms with Crippen molar-refractivity contribution >= 4 is 10.9 Å². The average molecular weight is 407 g/mol. The Labute approximate surface area is 179 Å². The highest BCUT2D eigenvalue weighted by Gasteiger charge is 2.21. The predicted octanol–water partition coefficient (Wildman–Crippen LogP) is 5.56. The van der Waals surface area contributed by atoms with Crippen molar-refractivity contribution in [2.45, 2.75) is 40.5 Å². The molecule has 4 nitrogen and oxygen atoms in total. The van der Waals surface area contributed by atoms with Crippen LogP contribution in [0.25, 0.3) is 22.0 Å². The number of piperidine rings is 1. The van der Waals surface area contributed by atoms with E-state index in [0.29, 0.717) is 23.8 Å². The Morgan fingerprint density at radius 2 is 1.80 bits per heavy atom. The Hall–Kier alpha value is -2.59. The standard InChI is InChI=1S/C24H28N2O2.C2H6/c1-16-11-17(2)13-19(12-16)22-23(28-15-18-7-6-10-26(3)14-18)20-8-4-5-9-21(20)25-24(22)27;1-2/h4-5,8-9,11-13,18H,6-7,10,14-15H2,1-3H3,(H,25,27);1-2H3. The van der Waals surface area contributed by atoms with Gasteiger partial charge in [-0.15, -0.1) is 0 Å². The van der Waals surface area contributed by atoms with Gasteiger partial charge in [-0.05, 0) is 58.0 Å². The van der Waals surface area contributed by atoms with Gasteiger partial charge in [0.05, 0.1) is 17.7 Å². The molecule has 30 heavy (non-hydrogen) atoms. The van der Waals surface area contributed by atoms with E-state index in [0.717, 1.165) is 40.7 Å². The normalized spacial score (nSPS) is 16.8. The third-order valence-corrected chi connectivity index (χ3v) is 5.57. The van der Waals surface area contributed by atoms with Gasteiger partial charge in [0.2, 0.25) is 0 Å². The van der Waals surface area contributed by atoms with Crippen LogP contribution in [0.15, 0.2) is 47.3 Å². The van der Waals surface area contributed by atoms with Gasteiger partial charge in [-0.1, -0.05) is 55.3 Å². The Morgan fingerprint density at radius 1 is 1.10 bits per heavy atom. The van der Waals surface area contributed by atoms with Crippen LogP contribution in [0.3, 0.4) is 0 Å². The van der Waals surface area contributed by atoms with Crippen molar-refractivity contribution in [1.82, 2.24) is 9.88 Å². The molecule has 0 amide bonds. The highest BCUT2D eigenvalue weighted by atomic mass is 16.5. The molecule has 1 atom stereocenters. The van der Waals surface area contributed by atoms with Crippen LogP contribution in [0.2, 0.25) is 0 Å². The SMILES string of the molecule is CC.Cc1cc(C)cc(-c2c(OCC3CCCN(C)C3)c3ccccc3[nH]c2=O)c1. The number of nitrogens with one attached hydrogen (secondary N) is 1. The number of rotatable bonds is 4. The zero-order chi connectivity index (χ0) is 21.7. The topological polar surface area (TPSA) is 45.3 Å². The van der Waals surface area contributed by atoms with Crippen LogP contribution in [-0.4, -0.2) is 36.6 Å². The van der Waals surface area contributed by atoms with Crippen molar-refractivity contribution in [2.75, 3.05) is 26.7 Å². The molecule has 1 saturated heterocycles. The molecule has 1 unspecified atom stereocenters. The monoisotopic (exact) mass is 406 g/mol. The Morgan fingerprint density at radius 3 is 2.50 bits per heavy atom. The van der Waals surface area contributed by atoms with E-state index < -0.39 is 0 Å². The van der Waals surface area contributed by atoms with E-state index in [4.69, 9.17) is 4.74 Å². The summed E-state index contributed by atoms with van der Waals surface area (Å²) in [6, 6.07) is 14.1. The van der Waals surface area contributed by atoms with E-state index in [2.05, 4.69) is 49.0 Å². The summed E-state index contributed by atoms with van der Waals surface area (Å²) in [5.74, 6) is 1.20. The molecule has 1 aromatic heterocycles. The molecule has 1 aliphatic heterocycles. The maximum Gasteiger partial charge on any atom is 0.260 e. The third kappa shape index (κ3) is 4.93. The third-order valence-electron chi connectivity index (χ3n) is 5.57. The second-order valence-electron chi connectivity index (χ2n) is 8.16. The molecule has 2 aromatic carbocycles. The number of hydrogen-bond donors (Lipinski definition) is 1. The Balaban J connectivity index is 0.00000124. The molecule has 3 aromatic rings. The van der Waals surface area contributed by atoms with E-state index in [9.17, 15) is 4.79 Å². The largest absolute Gasteiger partial charge is 0.492 e. The fraction of sp³-hybridized carbons (Fsp3) is 0.423. The van der Waals surface area contributed by atoms with Crippen molar-refractivity contribution in [3.8, 4) is 16.9 Å². The fourth-order valence-corrected chi connectivity index (χ4v) is 4.35. The summed E-state index contributed by atoms with van der Waals surface area (Å²) in [6.07, 6.45) is 2.37. The number of hydrogen-bond acceptors (Lipinski definition) is 3. The number of likely N-dealkylation sites (tertiary alicyclic amines) is 1. The van der Waals surface area contributed by atoms with E-state index in [1.165, 1.54) is 12.8 Å². The van der Waals surface area contributed by atoms with Crippen LogP contribution in [0.4, 0.5) is 0 Å². The molecule has 0 bridgehead atoms. The highest BCUT2D eigenvalue weighted by molar-refractivity contribution is 5.92. The lowest BCUT2D eigenvalue weighted by Crippen LogP contribution is -2.35. The summed E-state index contributed by atoms with van der Waals surface area (Å²) in [4.78, 5) is 18.4. The molecule has 0 radical (unpaired) electrons. The summed E-state index contributed by atoms with van der Waals surface area (Å²) in [6.45, 7) is 10.9. The molecule has 1 aliphatic rings. The van der Waals surface area contributed by atoms with Crippen molar-refractivity contribution in [2.24, 2.45) is 5.92 Å². The fourth-order valence-electron chi connectivity index (χ4n) is 4.35. The van der Waals surface area contributed by atoms with Crippen LogP contribution in [-0.2, 0) is 0 Å². The van der Waals surface area contributed by atoms with Crippen LogP contribution in [0.1, 0.15) is 37.8 Å². The van der Waals surface area contributed by atoms with Gasteiger partial charge in [0.15, 0.2) is 0 Å². The summed E-state index contributed by atoms with van der Waals surface area (Å²) in [5.41, 5.74) is 4.55. The van der Waals surface area contributed by atoms with E-state index >= 15 is 0 Å².